The van der Waals surface area contributed by atoms with Crippen molar-refractivity contribution in [1.82, 2.24) is 20.2 Å². The molecule has 1 aromatic carbocycles. The Kier molecular flexibility index (Phi) is 4.05. The van der Waals surface area contributed by atoms with Gasteiger partial charge in [0.25, 0.3) is 0 Å². The number of aromatic nitrogens is 4. The van der Waals surface area contributed by atoms with E-state index >= 15 is 0 Å². The van der Waals surface area contributed by atoms with Crippen molar-refractivity contribution in [3.8, 4) is 5.69 Å². The molecule has 0 N–H and O–H groups in total. The van der Waals surface area contributed by atoms with Crippen LogP contribution in [0.5, 0.6) is 0 Å². The van der Waals surface area contributed by atoms with Gasteiger partial charge in [-0.1, -0.05) is 12.1 Å². The Labute approximate surface area is 140 Å². The third-order valence-corrected chi connectivity index (χ3v) is 4.73. The second-order valence-electron chi connectivity index (χ2n) is 6.86. The van der Waals surface area contributed by atoms with E-state index in [1.165, 1.54) is 11.0 Å². The predicted octanol–water partition coefficient (Wildman–Crippen LogP) is 2.99. The molecule has 126 valence electrons. The molecule has 0 unspecified atom stereocenters. The lowest BCUT2D eigenvalue weighted by atomic mass is 9.83. The Morgan fingerprint density at radius 2 is 1.67 bits per heavy atom. The van der Waals surface area contributed by atoms with Crippen molar-refractivity contribution in [2.75, 3.05) is 0 Å². The lowest BCUT2D eigenvalue weighted by Crippen LogP contribution is -2.41. The molecule has 3 rings (SSSR count). The Hall–Kier alpha value is -2.06. The molecule has 1 aromatic heterocycles. The van der Waals surface area contributed by atoms with Crippen molar-refractivity contribution in [1.29, 1.82) is 0 Å². The maximum absolute atomic E-state index is 14.8. The van der Waals surface area contributed by atoms with E-state index < -0.39 is 24.0 Å². The summed E-state index contributed by atoms with van der Waals surface area (Å²) in [5.74, 6) is 0. The molecule has 1 aliphatic rings. The van der Waals surface area contributed by atoms with Crippen molar-refractivity contribution in [3.05, 3.63) is 41.9 Å². The van der Waals surface area contributed by atoms with Gasteiger partial charge in [0, 0.05) is 0 Å². The molecule has 0 amide bonds. The van der Waals surface area contributed by atoms with Crippen LogP contribution in [-0.2, 0) is 9.31 Å². The van der Waals surface area contributed by atoms with Crippen LogP contribution < -0.4 is 0 Å². The Bertz CT molecular complexity index is 741. The summed E-state index contributed by atoms with van der Waals surface area (Å²) in [5.41, 5.74) is 0.477. The average Bonchev–Trinajstić information content (AvgIpc) is 3.13. The van der Waals surface area contributed by atoms with Crippen LogP contribution in [0.25, 0.3) is 11.3 Å². The third-order valence-electron chi connectivity index (χ3n) is 4.73. The van der Waals surface area contributed by atoms with E-state index in [9.17, 15) is 4.39 Å². The lowest BCUT2D eigenvalue weighted by Gasteiger charge is -2.32. The summed E-state index contributed by atoms with van der Waals surface area (Å²) in [7, 11) is -0.991. The second kappa shape index (κ2) is 5.79. The predicted molar refractivity (Wildman–Crippen MR) is 88.9 cm³/mol. The van der Waals surface area contributed by atoms with Crippen LogP contribution in [0, 0.1) is 0 Å². The first kappa shape index (κ1) is 16.8. The highest BCUT2D eigenvalue weighted by atomic mass is 19.1. The van der Waals surface area contributed by atoms with Crippen LogP contribution in [0.4, 0.5) is 4.39 Å². The van der Waals surface area contributed by atoms with Gasteiger partial charge >= 0.3 is 7.12 Å². The largest absolute Gasteiger partial charge is 0.525 e. The summed E-state index contributed by atoms with van der Waals surface area (Å²) >= 11 is 0. The van der Waals surface area contributed by atoms with Crippen molar-refractivity contribution in [2.45, 2.75) is 45.8 Å². The number of nitrogens with zero attached hydrogens (tertiary/aromatic N) is 4. The molecule has 24 heavy (non-hydrogen) atoms. The SMILES string of the molecule is CC(=C(F)B1OC(C)(C)C(C)(C)O1)c1ccc(-n2cnnn2)cc1. The van der Waals surface area contributed by atoms with Gasteiger partial charge in [-0.05, 0) is 68.3 Å². The first-order valence-corrected chi connectivity index (χ1v) is 7.77. The van der Waals surface area contributed by atoms with E-state index in [4.69, 9.17) is 9.31 Å². The summed E-state index contributed by atoms with van der Waals surface area (Å²) in [6.45, 7) is 9.31. The maximum atomic E-state index is 14.8. The zero-order valence-corrected chi connectivity index (χ0v) is 14.4. The monoisotopic (exact) mass is 330 g/mol. The number of hydrogen-bond acceptors (Lipinski definition) is 5. The van der Waals surface area contributed by atoms with Crippen LogP contribution in [0.1, 0.15) is 40.2 Å². The number of halogens is 1. The zero-order chi connectivity index (χ0) is 17.5. The van der Waals surface area contributed by atoms with E-state index in [-0.39, 0.29) is 0 Å². The van der Waals surface area contributed by atoms with Crippen LogP contribution in [-0.4, -0.2) is 38.5 Å². The van der Waals surface area contributed by atoms with Gasteiger partial charge in [-0.2, -0.15) is 0 Å². The van der Waals surface area contributed by atoms with Gasteiger partial charge in [-0.25, -0.2) is 9.07 Å². The molecule has 6 nitrogen and oxygen atoms in total. The van der Waals surface area contributed by atoms with Gasteiger partial charge in [-0.15, -0.1) is 5.10 Å². The molecule has 0 saturated carbocycles. The molecule has 0 atom stereocenters. The molecule has 0 spiro atoms. The minimum atomic E-state index is -0.991. The molecule has 0 radical (unpaired) electrons. The number of allylic oxidation sites excluding steroid dienone is 1. The van der Waals surface area contributed by atoms with Gasteiger partial charge in [-0.3, -0.25) is 0 Å². The highest BCUT2D eigenvalue weighted by Crippen LogP contribution is 2.40. The Morgan fingerprint density at radius 1 is 1.08 bits per heavy atom. The van der Waals surface area contributed by atoms with Crippen LogP contribution in [0.2, 0.25) is 0 Å². The molecular formula is C16H20BFN4O2. The van der Waals surface area contributed by atoms with Gasteiger partial charge in [0.1, 0.15) is 12.1 Å². The Morgan fingerprint density at radius 3 is 2.17 bits per heavy atom. The van der Waals surface area contributed by atoms with Gasteiger partial charge in [0.05, 0.1) is 16.9 Å². The minimum Gasteiger partial charge on any atom is -0.398 e. The van der Waals surface area contributed by atoms with Crippen molar-refractivity contribution < 1.29 is 13.7 Å². The summed E-state index contributed by atoms with van der Waals surface area (Å²) < 4.78 is 27.9. The van der Waals surface area contributed by atoms with E-state index in [0.29, 0.717) is 5.57 Å². The molecule has 1 fully saturated rings. The fourth-order valence-corrected chi connectivity index (χ4v) is 2.40. The lowest BCUT2D eigenvalue weighted by molar-refractivity contribution is 0.00578. The van der Waals surface area contributed by atoms with Gasteiger partial charge in [0.15, 0.2) is 0 Å². The summed E-state index contributed by atoms with van der Waals surface area (Å²) in [5, 5.41) is 11.0. The topological polar surface area (TPSA) is 62.1 Å². The smallest absolute Gasteiger partial charge is 0.398 e. The molecule has 8 heteroatoms. The number of hydrogen-bond donors (Lipinski definition) is 0. The second-order valence-corrected chi connectivity index (χ2v) is 6.86. The van der Waals surface area contributed by atoms with Crippen molar-refractivity contribution in [3.63, 3.8) is 0 Å². The maximum Gasteiger partial charge on any atom is 0.525 e. The summed E-state index contributed by atoms with van der Waals surface area (Å²) in [6.07, 6.45) is 1.50. The minimum absolute atomic E-state index is 0.413. The van der Waals surface area contributed by atoms with E-state index in [0.717, 1.165) is 11.3 Å². The quantitative estimate of drug-likeness (QED) is 0.810. The molecule has 0 bridgehead atoms. The van der Waals surface area contributed by atoms with E-state index in [1.54, 1.807) is 6.92 Å². The van der Waals surface area contributed by atoms with E-state index in [1.807, 2.05) is 52.0 Å². The third kappa shape index (κ3) is 2.87. The molecule has 2 aromatic rings. The van der Waals surface area contributed by atoms with E-state index in [2.05, 4.69) is 15.5 Å². The Balaban J connectivity index is 1.85. The molecule has 1 saturated heterocycles. The van der Waals surface area contributed by atoms with Crippen molar-refractivity contribution in [2.24, 2.45) is 0 Å². The highest BCUT2D eigenvalue weighted by Gasteiger charge is 2.53. The van der Waals surface area contributed by atoms with Gasteiger partial charge < -0.3 is 9.31 Å². The van der Waals surface area contributed by atoms with Crippen LogP contribution in [0.3, 0.4) is 0 Å². The average molecular weight is 330 g/mol. The van der Waals surface area contributed by atoms with Crippen LogP contribution in [0.15, 0.2) is 36.3 Å². The van der Waals surface area contributed by atoms with Crippen molar-refractivity contribution >= 4 is 12.7 Å². The zero-order valence-electron chi connectivity index (χ0n) is 14.4. The first-order chi connectivity index (χ1) is 11.2. The first-order valence-electron chi connectivity index (χ1n) is 7.77. The van der Waals surface area contributed by atoms with Crippen LogP contribution >= 0.6 is 0 Å². The fraction of sp³-hybridized carbons (Fsp3) is 0.438. The number of rotatable bonds is 3. The fourth-order valence-electron chi connectivity index (χ4n) is 2.40. The number of benzene rings is 1. The molecule has 1 aliphatic heterocycles. The number of tetrazole rings is 1. The summed E-state index contributed by atoms with van der Waals surface area (Å²) in [6, 6.07) is 7.29. The normalized spacial score (nSPS) is 20.2. The molecule has 0 aliphatic carbocycles. The molecular weight excluding hydrogens is 310 g/mol. The highest BCUT2D eigenvalue weighted by molar-refractivity contribution is 6.55. The van der Waals surface area contributed by atoms with Gasteiger partial charge in [0.2, 0.25) is 0 Å². The molecule has 2 heterocycles. The summed E-state index contributed by atoms with van der Waals surface area (Å²) in [4.78, 5) is 0. The standard InChI is InChI=1S/C16H20BFN4O2/c1-11(14(18)17-23-15(2,3)16(4,5)24-17)12-6-8-13(9-7-12)22-10-19-20-21-22/h6-10H,1-5H3.